The average molecular weight is 374 g/mol. The van der Waals surface area contributed by atoms with Gasteiger partial charge in [0, 0.05) is 17.7 Å². The van der Waals surface area contributed by atoms with Gasteiger partial charge >= 0.3 is 5.30 Å². The van der Waals surface area contributed by atoms with Crippen LogP contribution in [-0.2, 0) is 11.3 Å². The number of methoxy groups -OCH3 is 2. The Morgan fingerprint density at radius 2 is 1.88 bits per heavy atom. The fourth-order valence-electron chi connectivity index (χ4n) is 2.28. The van der Waals surface area contributed by atoms with Gasteiger partial charge in [0.25, 0.3) is 0 Å². The second-order valence-electron chi connectivity index (χ2n) is 5.34. The Hall–Kier alpha value is -2.47. The normalized spacial score (nSPS) is 10.7. The highest BCUT2D eigenvalue weighted by molar-refractivity contribution is 8.13. The molecule has 0 aliphatic carbocycles. The molecule has 26 heavy (non-hydrogen) atoms. The fourth-order valence-corrected chi connectivity index (χ4v) is 2.95. The summed E-state index contributed by atoms with van der Waals surface area (Å²) in [6.45, 7) is 2.97. The predicted molar refractivity (Wildman–Crippen MR) is 105 cm³/mol. The molecule has 0 aliphatic heterocycles. The third-order valence-corrected chi connectivity index (χ3v) is 4.38. The number of carbonyl (C=O) groups is 1. The fraction of sp³-hybridized carbons (Fsp3) is 0.300. The van der Waals surface area contributed by atoms with Gasteiger partial charge in [-0.1, -0.05) is 12.2 Å². The van der Waals surface area contributed by atoms with E-state index in [-0.39, 0.29) is 5.30 Å². The number of rotatable bonds is 8. The molecule has 5 nitrogen and oxygen atoms in total. The van der Waals surface area contributed by atoms with Crippen LogP contribution in [0.2, 0.25) is 0 Å². The molecular formula is C20H24NO4S+. The molecule has 6 heteroatoms. The van der Waals surface area contributed by atoms with Crippen LogP contribution in [0.5, 0.6) is 11.5 Å². The predicted octanol–water partition coefficient (Wildman–Crippen LogP) is 4.05. The number of benzene rings is 1. The number of aromatic nitrogens is 1. The molecule has 0 radical (unpaired) electrons. The molecule has 0 amide bonds. The Morgan fingerprint density at radius 3 is 2.54 bits per heavy atom. The lowest BCUT2D eigenvalue weighted by Crippen LogP contribution is -2.34. The van der Waals surface area contributed by atoms with Crippen LogP contribution in [0.25, 0.3) is 12.2 Å². The van der Waals surface area contributed by atoms with Crippen LogP contribution < -0.4 is 14.0 Å². The number of ether oxygens (including phenoxy) is 3. The minimum Gasteiger partial charge on any atom is -0.497 e. The van der Waals surface area contributed by atoms with Gasteiger partial charge in [0.05, 0.1) is 26.6 Å². The van der Waals surface area contributed by atoms with Gasteiger partial charge in [-0.05, 0) is 42.4 Å². The highest BCUT2D eigenvalue weighted by Crippen LogP contribution is 2.25. The second kappa shape index (κ2) is 10.5. The van der Waals surface area contributed by atoms with Crippen LogP contribution in [-0.4, -0.2) is 31.9 Å². The maximum Gasteiger partial charge on any atom is 0.367 e. The molecule has 0 saturated heterocycles. The van der Waals surface area contributed by atoms with Crippen molar-refractivity contribution in [3.05, 3.63) is 53.9 Å². The summed E-state index contributed by atoms with van der Waals surface area (Å²) in [4.78, 5) is 11.3. The maximum absolute atomic E-state index is 11.3. The van der Waals surface area contributed by atoms with E-state index in [0.717, 1.165) is 29.2 Å². The number of thioether (sulfide) groups is 1. The van der Waals surface area contributed by atoms with Gasteiger partial charge in [-0.15, -0.1) is 0 Å². The van der Waals surface area contributed by atoms with Crippen LogP contribution in [0.3, 0.4) is 0 Å². The molecule has 1 heterocycles. The zero-order valence-corrected chi connectivity index (χ0v) is 16.1. The molecule has 0 bridgehead atoms. The zero-order chi connectivity index (χ0) is 18.8. The second-order valence-corrected chi connectivity index (χ2v) is 6.37. The molecule has 2 aromatic rings. The lowest BCUT2D eigenvalue weighted by Gasteiger charge is -2.07. The molecule has 1 aromatic heterocycles. The SMILES string of the molecule is CCOC(=O)SCC[n+]1ccc(C=Cc2cc(OC)ccc2OC)cc1. The van der Waals surface area contributed by atoms with E-state index in [1.165, 1.54) is 11.8 Å². The first-order valence-electron chi connectivity index (χ1n) is 8.35. The first-order chi connectivity index (χ1) is 12.7. The quantitative estimate of drug-likeness (QED) is 0.515. The minimum atomic E-state index is -0.222. The van der Waals surface area contributed by atoms with Gasteiger partial charge in [0.2, 0.25) is 0 Å². The summed E-state index contributed by atoms with van der Waals surface area (Å²) in [5, 5.41) is -0.222. The number of hydrogen-bond acceptors (Lipinski definition) is 5. The topological polar surface area (TPSA) is 48.6 Å². The van der Waals surface area contributed by atoms with Crippen molar-refractivity contribution in [2.24, 2.45) is 0 Å². The van der Waals surface area contributed by atoms with Crippen LogP contribution in [0.4, 0.5) is 4.79 Å². The van der Waals surface area contributed by atoms with Crippen molar-refractivity contribution in [2.75, 3.05) is 26.6 Å². The standard InChI is InChI=1S/C20H24NO4S/c1-4-25-20(22)26-14-13-21-11-9-16(10-12-21)5-6-17-15-18(23-2)7-8-19(17)24-3/h5-12,15H,4,13-14H2,1-3H3/q+1. The molecule has 0 N–H and O–H groups in total. The zero-order valence-electron chi connectivity index (χ0n) is 15.3. The molecular weight excluding hydrogens is 350 g/mol. The molecule has 0 spiro atoms. The van der Waals surface area contributed by atoms with E-state index in [1.54, 1.807) is 21.1 Å². The number of aryl methyl sites for hydroxylation is 1. The van der Waals surface area contributed by atoms with E-state index < -0.39 is 0 Å². The molecule has 0 saturated carbocycles. The summed E-state index contributed by atoms with van der Waals surface area (Å²) in [6, 6.07) is 9.75. The van der Waals surface area contributed by atoms with Crippen molar-refractivity contribution in [3.8, 4) is 11.5 Å². The molecule has 1 aromatic carbocycles. The van der Waals surface area contributed by atoms with Crippen molar-refractivity contribution < 1.29 is 23.6 Å². The van der Waals surface area contributed by atoms with Gasteiger partial charge in [-0.25, -0.2) is 9.36 Å². The Morgan fingerprint density at radius 1 is 1.12 bits per heavy atom. The van der Waals surface area contributed by atoms with Crippen LogP contribution in [0.1, 0.15) is 18.1 Å². The van der Waals surface area contributed by atoms with Crippen molar-refractivity contribution >= 4 is 29.2 Å². The Balaban J connectivity index is 1.96. The highest BCUT2D eigenvalue weighted by Gasteiger charge is 2.06. The van der Waals surface area contributed by atoms with Crippen molar-refractivity contribution in [3.63, 3.8) is 0 Å². The van der Waals surface area contributed by atoms with E-state index in [1.807, 2.05) is 59.4 Å². The first-order valence-corrected chi connectivity index (χ1v) is 9.33. The number of pyridine rings is 1. The van der Waals surface area contributed by atoms with E-state index in [4.69, 9.17) is 14.2 Å². The summed E-state index contributed by atoms with van der Waals surface area (Å²) in [7, 11) is 3.30. The van der Waals surface area contributed by atoms with Crippen molar-refractivity contribution in [1.29, 1.82) is 0 Å². The monoisotopic (exact) mass is 374 g/mol. The lowest BCUT2D eigenvalue weighted by molar-refractivity contribution is -0.692. The summed E-state index contributed by atoms with van der Waals surface area (Å²) in [5.41, 5.74) is 2.03. The smallest absolute Gasteiger partial charge is 0.367 e. The Labute approximate surface area is 158 Å². The highest BCUT2D eigenvalue weighted by atomic mass is 32.2. The summed E-state index contributed by atoms with van der Waals surface area (Å²) < 4.78 is 17.6. The molecule has 2 rings (SSSR count). The third kappa shape index (κ3) is 6.11. The Bertz CT molecular complexity index is 744. The summed E-state index contributed by atoms with van der Waals surface area (Å²) in [5.74, 6) is 2.26. The molecule has 0 unspecified atom stereocenters. The van der Waals surface area contributed by atoms with Gasteiger partial charge in [-0.3, -0.25) is 0 Å². The van der Waals surface area contributed by atoms with E-state index >= 15 is 0 Å². The van der Waals surface area contributed by atoms with Crippen LogP contribution in [0, 0.1) is 0 Å². The number of carbonyl (C=O) groups excluding carboxylic acids is 1. The molecule has 0 aliphatic rings. The van der Waals surface area contributed by atoms with Gasteiger partial charge in [0.15, 0.2) is 18.9 Å². The van der Waals surface area contributed by atoms with Crippen molar-refractivity contribution in [1.82, 2.24) is 0 Å². The van der Waals surface area contributed by atoms with Gasteiger partial charge in [0.1, 0.15) is 11.5 Å². The lowest BCUT2D eigenvalue weighted by atomic mass is 10.1. The van der Waals surface area contributed by atoms with Crippen molar-refractivity contribution in [2.45, 2.75) is 13.5 Å². The minimum absolute atomic E-state index is 0.222. The van der Waals surface area contributed by atoms with E-state index in [9.17, 15) is 4.79 Å². The maximum atomic E-state index is 11.3. The summed E-state index contributed by atoms with van der Waals surface area (Å²) >= 11 is 1.19. The molecule has 0 atom stereocenters. The Kier molecular flexibility index (Phi) is 8.02. The van der Waals surface area contributed by atoms with Gasteiger partial charge in [-0.2, -0.15) is 0 Å². The third-order valence-electron chi connectivity index (χ3n) is 3.64. The summed E-state index contributed by atoms with van der Waals surface area (Å²) in [6.07, 6.45) is 8.01. The van der Waals surface area contributed by atoms with Crippen LogP contribution in [0.15, 0.2) is 42.7 Å². The van der Waals surface area contributed by atoms with E-state index in [2.05, 4.69) is 0 Å². The number of nitrogens with zero attached hydrogens (tertiary/aromatic N) is 1. The largest absolute Gasteiger partial charge is 0.497 e. The van der Waals surface area contributed by atoms with Crippen LogP contribution >= 0.6 is 11.8 Å². The molecule has 0 fully saturated rings. The van der Waals surface area contributed by atoms with Gasteiger partial charge < -0.3 is 14.2 Å². The first kappa shape index (κ1) is 19.8. The average Bonchev–Trinajstić information content (AvgIpc) is 2.67. The van der Waals surface area contributed by atoms with E-state index in [0.29, 0.717) is 12.4 Å². The molecule has 138 valence electrons. The number of hydrogen-bond donors (Lipinski definition) is 0.